The number of fused-ring (bicyclic) bond motifs is 1. The molecule has 2 atom stereocenters. The summed E-state index contributed by atoms with van der Waals surface area (Å²) in [5, 5.41) is 14.2. The molecule has 1 heterocycles. The maximum Gasteiger partial charge on any atom is 0.0700 e. The average Bonchev–Trinajstić information content (AvgIpc) is 2.87. The lowest BCUT2D eigenvalue weighted by molar-refractivity contribution is -0.0102. The van der Waals surface area contributed by atoms with Gasteiger partial charge in [-0.25, -0.2) is 0 Å². The molecule has 19 heavy (non-hydrogen) atoms. The van der Waals surface area contributed by atoms with Crippen molar-refractivity contribution in [2.24, 2.45) is 5.92 Å². The van der Waals surface area contributed by atoms with Gasteiger partial charge >= 0.3 is 0 Å². The van der Waals surface area contributed by atoms with Crippen LogP contribution in [0, 0.1) is 5.92 Å². The van der Waals surface area contributed by atoms with Crippen LogP contribution in [0.4, 0.5) is 0 Å². The number of piperidine rings is 1. The van der Waals surface area contributed by atoms with Crippen molar-refractivity contribution in [3.05, 3.63) is 34.9 Å². The van der Waals surface area contributed by atoms with Crippen LogP contribution in [-0.4, -0.2) is 23.8 Å². The Balaban J connectivity index is 1.72. The largest absolute Gasteiger partial charge is 0.389 e. The Morgan fingerprint density at radius 1 is 1.26 bits per heavy atom. The molecule has 1 aromatic carbocycles. The number of rotatable bonds is 3. The molecule has 1 fully saturated rings. The van der Waals surface area contributed by atoms with Crippen molar-refractivity contribution in [2.75, 3.05) is 13.1 Å². The molecule has 1 aliphatic carbocycles. The summed E-state index contributed by atoms with van der Waals surface area (Å²) >= 11 is 0. The molecule has 1 saturated heterocycles. The lowest BCUT2D eigenvalue weighted by Gasteiger charge is -2.36. The second-order valence-corrected chi connectivity index (χ2v) is 6.53. The van der Waals surface area contributed by atoms with E-state index in [-0.39, 0.29) is 0 Å². The van der Waals surface area contributed by atoms with Crippen LogP contribution in [-0.2, 0) is 19.3 Å². The first-order valence-electron chi connectivity index (χ1n) is 7.69. The molecule has 0 amide bonds. The number of aryl methyl sites for hydroxylation is 2. The maximum atomic E-state index is 10.8. The van der Waals surface area contributed by atoms with Crippen LogP contribution in [0.25, 0.3) is 0 Å². The van der Waals surface area contributed by atoms with E-state index < -0.39 is 5.60 Å². The third kappa shape index (κ3) is 2.85. The summed E-state index contributed by atoms with van der Waals surface area (Å²) in [6.45, 7) is 4.07. The second kappa shape index (κ2) is 5.26. The molecular formula is C17H25NO. The molecule has 0 aromatic heterocycles. The van der Waals surface area contributed by atoms with Gasteiger partial charge in [-0.1, -0.05) is 18.2 Å². The molecule has 2 unspecified atom stereocenters. The number of benzene rings is 1. The summed E-state index contributed by atoms with van der Waals surface area (Å²) in [5.41, 5.74) is 3.74. The van der Waals surface area contributed by atoms with Gasteiger partial charge in [0.15, 0.2) is 0 Å². The minimum Gasteiger partial charge on any atom is -0.389 e. The van der Waals surface area contributed by atoms with Crippen LogP contribution in [0.3, 0.4) is 0 Å². The van der Waals surface area contributed by atoms with E-state index in [0.717, 1.165) is 25.9 Å². The van der Waals surface area contributed by atoms with Crippen molar-refractivity contribution in [3.8, 4) is 0 Å². The quantitative estimate of drug-likeness (QED) is 0.874. The van der Waals surface area contributed by atoms with Crippen molar-refractivity contribution in [1.82, 2.24) is 5.32 Å². The van der Waals surface area contributed by atoms with Crippen molar-refractivity contribution in [3.63, 3.8) is 0 Å². The maximum absolute atomic E-state index is 10.8. The Hall–Kier alpha value is -0.860. The lowest BCUT2D eigenvalue weighted by Crippen LogP contribution is -2.45. The molecule has 0 spiro atoms. The van der Waals surface area contributed by atoms with Crippen LogP contribution in [0.2, 0.25) is 0 Å². The van der Waals surface area contributed by atoms with E-state index in [1.165, 1.54) is 42.4 Å². The number of hydrogen-bond acceptors (Lipinski definition) is 2. The van der Waals surface area contributed by atoms with Gasteiger partial charge < -0.3 is 10.4 Å². The molecule has 1 aliphatic heterocycles. The zero-order chi connectivity index (χ0) is 13.3. The van der Waals surface area contributed by atoms with Crippen molar-refractivity contribution >= 4 is 0 Å². The van der Waals surface area contributed by atoms with E-state index in [2.05, 4.69) is 23.5 Å². The highest BCUT2D eigenvalue weighted by Gasteiger charge is 2.33. The zero-order valence-corrected chi connectivity index (χ0v) is 11.9. The third-order valence-corrected chi connectivity index (χ3v) is 4.90. The second-order valence-electron chi connectivity index (χ2n) is 6.53. The Labute approximate surface area is 116 Å². The Bertz CT molecular complexity index is 447. The molecule has 2 nitrogen and oxygen atoms in total. The van der Waals surface area contributed by atoms with Crippen molar-refractivity contribution < 1.29 is 5.11 Å². The fourth-order valence-corrected chi connectivity index (χ4v) is 3.68. The average molecular weight is 259 g/mol. The Morgan fingerprint density at radius 3 is 2.89 bits per heavy atom. The number of aliphatic hydroxyl groups is 1. The van der Waals surface area contributed by atoms with Crippen molar-refractivity contribution in [1.29, 1.82) is 0 Å². The summed E-state index contributed by atoms with van der Waals surface area (Å²) in [7, 11) is 0. The molecule has 3 rings (SSSR count). The predicted octanol–water partition coefficient (Wildman–Crippen LogP) is 2.47. The van der Waals surface area contributed by atoms with E-state index >= 15 is 0 Å². The highest BCUT2D eigenvalue weighted by Crippen LogP contribution is 2.29. The van der Waals surface area contributed by atoms with Gasteiger partial charge in [-0.2, -0.15) is 0 Å². The monoisotopic (exact) mass is 259 g/mol. The highest BCUT2D eigenvalue weighted by atomic mass is 16.3. The molecule has 2 heteroatoms. The van der Waals surface area contributed by atoms with Gasteiger partial charge in [-0.05, 0) is 62.3 Å². The van der Waals surface area contributed by atoms with Gasteiger partial charge in [0.2, 0.25) is 0 Å². The molecule has 1 aromatic rings. The van der Waals surface area contributed by atoms with Gasteiger partial charge in [0, 0.05) is 18.9 Å². The van der Waals surface area contributed by atoms with Gasteiger partial charge in [0.1, 0.15) is 0 Å². The van der Waals surface area contributed by atoms with Gasteiger partial charge in [-0.15, -0.1) is 0 Å². The highest BCUT2D eigenvalue weighted by molar-refractivity contribution is 5.35. The molecule has 0 bridgehead atoms. The standard InChI is InChI=1S/C17H25NO/c1-17(19,16-6-3-9-18-12-16)11-13-7-8-14-4-2-5-15(14)10-13/h7-8,10,16,18-19H,2-6,9,11-12H2,1H3. The fraction of sp³-hybridized carbons (Fsp3) is 0.647. The summed E-state index contributed by atoms with van der Waals surface area (Å²) in [4.78, 5) is 0. The topological polar surface area (TPSA) is 32.3 Å². The van der Waals surface area contributed by atoms with Gasteiger partial charge in [-0.3, -0.25) is 0 Å². The smallest absolute Gasteiger partial charge is 0.0700 e. The normalized spacial score (nSPS) is 25.9. The number of hydrogen-bond donors (Lipinski definition) is 2. The molecule has 0 radical (unpaired) electrons. The lowest BCUT2D eigenvalue weighted by atomic mass is 9.79. The zero-order valence-electron chi connectivity index (χ0n) is 11.9. The first-order valence-corrected chi connectivity index (χ1v) is 7.69. The van der Waals surface area contributed by atoms with Crippen LogP contribution < -0.4 is 5.32 Å². The summed E-state index contributed by atoms with van der Waals surface area (Å²) in [5.74, 6) is 0.384. The van der Waals surface area contributed by atoms with Crippen molar-refractivity contribution in [2.45, 2.75) is 51.0 Å². The first kappa shape index (κ1) is 13.1. The van der Waals surface area contributed by atoms with E-state index in [4.69, 9.17) is 0 Å². The van der Waals surface area contributed by atoms with Gasteiger partial charge in [0.25, 0.3) is 0 Å². The van der Waals surface area contributed by atoms with Crippen LogP contribution >= 0.6 is 0 Å². The molecule has 104 valence electrons. The van der Waals surface area contributed by atoms with E-state index in [9.17, 15) is 5.11 Å². The molecule has 0 saturated carbocycles. The van der Waals surface area contributed by atoms with Crippen LogP contribution in [0.1, 0.15) is 42.9 Å². The molecular weight excluding hydrogens is 234 g/mol. The SMILES string of the molecule is CC(O)(Cc1ccc2c(c1)CCC2)C1CCCNC1. The summed E-state index contributed by atoms with van der Waals surface area (Å²) < 4.78 is 0. The minimum atomic E-state index is -0.583. The summed E-state index contributed by atoms with van der Waals surface area (Å²) in [6, 6.07) is 6.81. The Kier molecular flexibility index (Phi) is 3.64. The van der Waals surface area contributed by atoms with E-state index in [1.54, 1.807) is 0 Å². The molecule has 2 N–H and O–H groups in total. The van der Waals surface area contributed by atoms with Crippen LogP contribution in [0.15, 0.2) is 18.2 Å². The third-order valence-electron chi connectivity index (χ3n) is 4.90. The predicted molar refractivity (Wildman–Crippen MR) is 78.4 cm³/mol. The first-order chi connectivity index (χ1) is 9.15. The fourth-order valence-electron chi connectivity index (χ4n) is 3.68. The Morgan fingerprint density at radius 2 is 2.11 bits per heavy atom. The van der Waals surface area contributed by atoms with E-state index in [1.807, 2.05) is 6.92 Å². The number of nitrogens with one attached hydrogen (secondary N) is 1. The van der Waals surface area contributed by atoms with E-state index in [0.29, 0.717) is 5.92 Å². The minimum absolute atomic E-state index is 0.384. The molecule has 2 aliphatic rings. The van der Waals surface area contributed by atoms with Crippen LogP contribution in [0.5, 0.6) is 0 Å². The van der Waals surface area contributed by atoms with Gasteiger partial charge in [0.05, 0.1) is 5.60 Å². The summed E-state index contributed by atoms with van der Waals surface area (Å²) in [6.07, 6.45) is 6.86.